The molecular formula is C29H28N2O8S. The Morgan fingerprint density at radius 3 is 2.17 bits per heavy atom. The highest BCUT2D eigenvalue weighted by Gasteiger charge is 2.20. The molecule has 0 spiro atoms. The van der Waals surface area contributed by atoms with E-state index in [1.165, 1.54) is 11.8 Å². The Morgan fingerprint density at radius 2 is 1.52 bits per heavy atom. The number of hydrogen-bond acceptors (Lipinski definition) is 7. The van der Waals surface area contributed by atoms with Crippen molar-refractivity contribution in [2.45, 2.75) is 36.8 Å². The highest BCUT2D eigenvalue weighted by molar-refractivity contribution is 8.00. The predicted octanol–water partition coefficient (Wildman–Crippen LogP) is 5.41. The zero-order chi connectivity index (χ0) is 29.2. The number of hydrogen-bond donors (Lipinski definition) is 4. The van der Waals surface area contributed by atoms with Crippen molar-refractivity contribution in [3.05, 3.63) is 89.0 Å². The molecule has 0 saturated heterocycles. The van der Waals surface area contributed by atoms with Gasteiger partial charge in [-0.1, -0.05) is 19.4 Å². The number of carbonyl (C=O) groups is 5. The molecule has 1 atom stereocenters. The van der Waals surface area contributed by atoms with Crippen molar-refractivity contribution in [3.63, 3.8) is 0 Å². The topological polar surface area (TPSA) is 159 Å². The Hall–Kier alpha value is -4.64. The van der Waals surface area contributed by atoms with Crippen LogP contribution in [-0.2, 0) is 9.53 Å². The van der Waals surface area contributed by atoms with Crippen molar-refractivity contribution >= 4 is 52.9 Å². The maximum absolute atomic E-state index is 12.8. The van der Waals surface area contributed by atoms with Crippen LogP contribution in [0.15, 0.2) is 71.6 Å². The van der Waals surface area contributed by atoms with Gasteiger partial charge in [-0.2, -0.15) is 0 Å². The van der Waals surface area contributed by atoms with Crippen molar-refractivity contribution in [1.82, 2.24) is 0 Å². The largest absolute Gasteiger partial charge is 0.478 e. The first-order chi connectivity index (χ1) is 19.1. The monoisotopic (exact) mass is 564 g/mol. The molecule has 0 saturated carbocycles. The van der Waals surface area contributed by atoms with Crippen LogP contribution in [0.25, 0.3) is 0 Å². The second kappa shape index (κ2) is 13.9. The van der Waals surface area contributed by atoms with Crippen LogP contribution in [0, 0.1) is 0 Å². The summed E-state index contributed by atoms with van der Waals surface area (Å²) in [7, 11) is 0. The van der Waals surface area contributed by atoms with Crippen LogP contribution in [0.4, 0.5) is 11.4 Å². The molecule has 0 fully saturated rings. The van der Waals surface area contributed by atoms with Gasteiger partial charge in [0.1, 0.15) is 0 Å². The summed E-state index contributed by atoms with van der Waals surface area (Å²) in [6.45, 7) is 4.08. The summed E-state index contributed by atoms with van der Waals surface area (Å²) in [6.07, 6.45) is 1.71. The van der Waals surface area contributed by atoms with Gasteiger partial charge in [-0.3, -0.25) is 9.59 Å². The molecule has 0 aromatic heterocycles. The minimum atomic E-state index is -1.43. The molecule has 11 heteroatoms. The van der Waals surface area contributed by atoms with E-state index >= 15 is 0 Å². The van der Waals surface area contributed by atoms with E-state index in [0.29, 0.717) is 28.4 Å². The van der Waals surface area contributed by atoms with E-state index in [-0.39, 0.29) is 17.0 Å². The smallest absolute Gasteiger partial charge is 0.338 e. The number of anilines is 2. The number of carbonyl (C=O) groups excluding carboxylic acids is 3. The molecule has 40 heavy (non-hydrogen) atoms. The third-order valence-corrected chi connectivity index (χ3v) is 6.73. The predicted molar refractivity (Wildman–Crippen MR) is 150 cm³/mol. The van der Waals surface area contributed by atoms with Crippen LogP contribution in [0.3, 0.4) is 0 Å². The van der Waals surface area contributed by atoms with Crippen LogP contribution in [0.5, 0.6) is 0 Å². The van der Waals surface area contributed by atoms with Gasteiger partial charge in [0.2, 0.25) is 5.91 Å². The van der Waals surface area contributed by atoms with Crippen LogP contribution < -0.4 is 10.6 Å². The average molecular weight is 565 g/mol. The molecule has 3 aromatic rings. The summed E-state index contributed by atoms with van der Waals surface area (Å²) in [5, 5.41) is 23.4. The van der Waals surface area contributed by atoms with Gasteiger partial charge >= 0.3 is 17.9 Å². The summed E-state index contributed by atoms with van der Waals surface area (Å²) < 4.78 is 5.18. The van der Waals surface area contributed by atoms with Crippen LogP contribution in [-0.4, -0.2) is 51.8 Å². The summed E-state index contributed by atoms with van der Waals surface area (Å²) in [4.78, 5) is 61.0. The summed E-state index contributed by atoms with van der Waals surface area (Å²) >= 11 is 1.24. The molecule has 1 unspecified atom stereocenters. The third-order valence-electron chi connectivity index (χ3n) is 5.63. The van der Waals surface area contributed by atoms with E-state index in [4.69, 9.17) is 9.84 Å². The second-order valence-corrected chi connectivity index (χ2v) is 10.1. The van der Waals surface area contributed by atoms with Crippen molar-refractivity contribution in [3.8, 4) is 0 Å². The normalized spacial score (nSPS) is 11.2. The van der Waals surface area contributed by atoms with Gasteiger partial charge in [-0.25, -0.2) is 14.4 Å². The molecular weight excluding hydrogens is 536 g/mol. The number of carboxylic acid groups (broad SMARTS) is 2. The summed E-state index contributed by atoms with van der Waals surface area (Å²) in [5.41, 5.74) is 0.400. The Labute approximate surface area is 234 Å². The molecule has 4 N–H and O–H groups in total. The number of thioether (sulfide) groups is 1. The fraction of sp³-hybridized carbons (Fsp3) is 0.207. The number of amides is 2. The molecule has 0 bridgehead atoms. The van der Waals surface area contributed by atoms with Gasteiger partial charge in [-0.15, -0.1) is 11.8 Å². The molecule has 0 aliphatic carbocycles. The van der Waals surface area contributed by atoms with Crippen molar-refractivity contribution in [1.29, 1.82) is 0 Å². The zero-order valence-corrected chi connectivity index (χ0v) is 22.6. The highest BCUT2D eigenvalue weighted by Crippen LogP contribution is 2.27. The van der Waals surface area contributed by atoms with E-state index < -0.39 is 34.6 Å². The number of esters is 1. The Morgan fingerprint density at radius 1 is 0.825 bits per heavy atom. The number of rotatable bonds is 12. The molecule has 3 aromatic carbocycles. The fourth-order valence-electron chi connectivity index (χ4n) is 3.48. The highest BCUT2D eigenvalue weighted by atomic mass is 32.2. The molecule has 208 valence electrons. The van der Waals surface area contributed by atoms with Crippen LogP contribution >= 0.6 is 11.8 Å². The average Bonchev–Trinajstić information content (AvgIpc) is 2.93. The third kappa shape index (κ3) is 8.18. The first-order valence-corrected chi connectivity index (χ1v) is 13.2. The lowest BCUT2D eigenvalue weighted by molar-refractivity contribution is -0.115. The summed E-state index contributed by atoms with van der Waals surface area (Å²) in [6, 6.07) is 16.3. The number of aromatic carboxylic acids is 2. The van der Waals surface area contributed by atoms with Gasteiger partial charge < -0.3 is 25.6 Å². The lowest BCUT2D eigenvalue weighted by Crippen LogP contribution is -2.22. The second-order valence-electron chi connectivity index (χ2n) is 8.67. The molecule has 0 radical (unpaired) electrons. The van der Waals surface area contributed by atoms with Gasteiger partial charge in [-0.05, 0) is 74.0 Å². The minimum absolute atomic E-state index is 0.191. The van der Waals surface area contributed by atoms with Crippen molar-refractivity contribution in [2.24, 2.45) is 0 Å². The van der Waals surface area contributed by atoms with E-state index in [2.05, 4.69) is 10.6 Å². The van der Waals surface area contributed by atoms with Crippen LogP contribution in [0.1, 0.15) is 68.1 Å². The molecule has 0 heterocycles. The first-order valence-electron chi connectivity index (χ1n) is 12.4. The van der Waals surface area contributed by atoms with Gasteiger partial charge in [0.25, 0.3) is 5.91 Å². The van der Waals surface area contributed by atoms with Gasteiger partial charge in [0.15, 0.2) is 0 Å². The van der Waals surface area contributed by atoms with Crippen LogP contribution in [0.2, 0.25) is 0 Å². The molecule has 0 aliphatic heterocycles. The maximum Gasteiger partial charge on any atom is 0.338 e. The Bertz CT molecular complexity index is 1420. The molecule has 3 rings (SSSR count). The quantitative estimate of drug-likeness (QED) is 0.128. The maximum atomic E-state index is 12.8. The molecule has 2 amide bonds. The van der Waals surface area contributed by atoms with E-state index in [1.54, 1.807) is 55.5 Å². The summed E-state index contributed by atoms with van der Waals surface area (Å²) in [5.74, 6) is -4.16. The number of carboxylic acids is 2. The van der Waals surface area contributed by atoms with E-state index in [0.717, 1.165) is 31.0 Å². The lowest BCUT2D eigenvalue weighted by atomic mass is 10.0. The first kappa shape index (κ1) is 29.9. The minimum Gasteiger partial charge on any atom is -0.478 e. The number of ether oxygens (including phenoxy) is 1. The SMILES string of the molecule is CCCCOC(=O)c1ccc(NC(=O)C(C)Sc2cccc(NC(=O)c3ccc(C(=O)O)cc3C(=O)O)c2)cc1. The fourth-order valence-corrected chi connectivity index (χ4v) is 4.41. The van der Waals surface area contributed by atoms with Crippen molar-refractivity contribution in [2.75, 3.05) is 17.2 Å². The van der Waals surface area contributed by atoms with Gasteiger partial charge in [0.05, 0.1) is 34.1 Å². The lowest BCUT2D eigenvalue weighted by Gasteiger charge is -2.14. The number of benzene rings is 3. The Kier molecular flexibility index (Phi) is 10.4. The number of nitrogens with one attached hydrogen (secondary N) is 2. The van der Waals surface area contributed by atoms with E-state index in [1.807, 2.05) is 6.92 Å². The Balaban J connectivity index is 1.61. The van der Waals surface area contributed by atoms with Gasteiger partial charge in [0, 0.05) is 16.3 Å². The molecule has 10 nitrogen and oxygen atoms in total. The van der Waals surface area contributed by atoms with E-state index in [9.17, 15) is 29.1 Å². The zero-order valence-electron chi connectivity index (χ0n) is 21.8. The van der Waals surface area contributed by atoms with Crippen molar-refractivity contribution < 1.29 is 38.9 Å². The number of unbranched alkanes of at least 4 members (excludes halogenated alkanes) is 1. The standard InChI is InChI=1S/C29H28N2O8S/c1-3-4-14-39-29(38)18-8-11-20(12-9-18)30-25(32)17(2)40-22-7-5-6-21(16-22)31-26(33)23-13-10-19(27(34)35)15-24(23)28(36)37/h5-13,15-17H,3-4,14H2,1-2H3,(H,30,32)(H,31,33)(H,34,35)(H,36,37). The molecule has 0 aliphatic rings.